The highest BCUT2D eigenvalue weighted by molar-refractivity contribution is 6.10. The second-order valence-corrected chi connectivity index (χ2v) is 4.66. The van der Waals surface area contributed by atoms with Crippen LogP contribution in [0.2, 0.25) is 0 Å². The Bertz CT molecular complexity index is 787. The van der Waals surface area contributed by atoms with Gasteiger partial charge in [-0.05, 0) is 19.1 Å². The molecule has 0 bridgehead atoms. The number of amides is 1. The lowest BCUT2D eigenvalue weighted by Crippen LogP contribution is -2.18. The van der Waals surface area contributed by atoms with E-state index >= 15 is 0 Å². The Morgan fingerprint density at radius 1 is 1.38 bits per heavy atom. The number of carbonyl (C=O) groups excluding carboxylic acids is 2. The molecule has 126 valence electrons. The maximum atomic E-state index is 13.8. The lowest BCUT2D eigenvalue weighted by atomic mass is 10.1. The minimum atomic E-state index is -1.42. The molecule has 0 atom stereocenters. The van der Waals surface area contributed by atoms with Gasteiger partial charge in [-0.2, -0.15) is 0 Å². The van der Waals surface area contributed by atoms with Crippen LogP contribution in [0.4, 0.5) is 10.2 Å². The molecular formula is C15H14FN3O5. The molecule has 2 aromatic rings. The summed E-state index contributed by atoms with van der Waals surface area (Å²) in [6.45, 7) is 1.81. The van der Waals surface area contributed by atoms with Crippen molar-refractivity contribution in [1.29, 1.82) is 0 Å². The maximum Gasteiger partial charge on any atom is 0.336 e. The minimum absolute atomic E-state index is 0.0453. The van der Waals surface area contributed by atoms with Crippen molar-refractivity contribution in [3.05, 3.63) is 47.7 Å². The average molecular weight is 335 g/mol. The summed E-state index contributed by atoms with van der Waals surface area (Å²) in [5.41, 5.74) is -1.05. The molecule has 2 N–H and O–H groups in total. The Balaban J connectivity index is 2.15. The average Bonchev–Trinajstić information content (AvgIpc) is 2.93. The summed E-state index contributed by atoms with van der Waals surface area (Å²) in [6.07, 6.45) is 2.63. The molecule has 0 saturated heterocycles. The molecule has 1 aromatic heterocycles. The van der Waals surface area contributed by atoms with Gasteiger partial charge in [0, 0.05) is 6.20 Å². The van der Waals surface area contributed by atoms with Crippen molar-refractivity contribution in [1.82, 2.24) is 9.55 Å². The Morgan fingerprint density at radius 2 is 2.12 bits per heavy atom. The van der Waals surface area contributed by atoms with E-state index in [0.717, 1.165) is 12.1 Å². The number of hydrogen-bond acceptors (Lipinski definition) is 5. The third-order valence-corrected chi connectivity index (χ3v) is 2.96. The van der Waals surface area contributed by atoms with Gasteiger partial charge in [-0.3, -0.25) is 9.59 Å². The minimum Gasteiger partial charge on any atom is -0.478 e. The van der Waals surface area contributed by atoms with Crippen molar-refractivity contribution >= 4 is 23.7 Å². The van der Waals surface area contributed by atoms with E-state index in [1.807, 2.05) is 0 Å². The number of carboxylic acids is 1. The highest BCUT2D eigenvalue weighted by atomic mass is 19.1. The quantitative estimate of drug-likeness (QED) is 0.775. The largest absolute Gasteiger partial charge is 0.478 e. The first kappa shape index (κ1) is 17.1. The number of halogens is 1. The fraction of sp³-hybridized carbons (Fsp3) is 0.200. The molecule has 0 spiro atoms. The number of imidazole rings is 1. The molecule has 24 heavy (non-hydrogen) atoms. The summed E-state index contributed by atoms with van der Waals surface area (Å²) in [7, 11) is 0. The lowest BCUT2D eigenvalue weighted by molar-refractivity contribution is -0.143. The van der Waals surface area contributed by atoms with Crippen LogP contribution in [0.15, 0.2) is 30.7 Å². The molecule has 8 nitrogen and oxygen atoms in total. The highest BCUT2D eigenvalue weighted by Gasteiger charge is 2.21. The SMILES string of the molecule is CCOC(=O)Cn1cnc(NC(=O)c2c(F)cccc2C(=O)O)c1. The van der Waals surface area contributed by atoms with Crippen molar-refractivity contribution in [2.24, 2.45) is 0 Å². The molecule has 1 amide bonds. The van der Waals surface area contributed by atoms with Crippen LogP contribution in [-0.2, 0) is 16.1 Å². The van der Waals surface area contributed by atoms with Gasteiger partial charge in [-0.15, -0.1) is 0 Å². The van der Waals surface area contributed by atoms with E-state index in [9.17, 15) is 18.8 Å². The van der Waals surface area contributed by atoms with Crippen LogP contribution < -0.4 is 5.32 Å². The second-order valence-electron chi connectivity index (χ2n) is 4.66. The molecule has 2 rings (SSSR count). The van der Waals surface area contributed by atoms with Crippen LogP contribution in [0, 0.1) is 5.82 Å². The van der Waals surface area contributed by atoms with Crippen LogP contribution >= 0.6 is 0 Å². The van der Waals surface area contributed by atoms with Gasteiger partial charge in [0.25, 0.3) is 5.91 Å². The molecule has 0 aliphatic rings. The van der Waals surface area contributed by atoms with Crippen molar-refractivity contribution in [2.75, 3.05) is 11.9 Å². The third kappa shape index (κ3) is 3.94. The van der Waals surface area contributed by atoms with E-state index in [0.29, 0.717) is 0 Å². The molecule has 1 aromatic carbocycles. The number of rotatable bonds is 6. The van der Waals surface area contributed by atoms with Gasteiger partial charge < -0.3 is 19.7 Å². The Hall–Kier alpha value is -3.23. The zero-order valence-electron chi connectivity index (χ0n) is 12.7. The van der Waals surface area contributed by atoms with Crippen molar-refractivity contribution in [2.45, 2.75) is 13.5 Å². The molecule has 0 radical (unpaired) electrons. The van der Waals surface area contributed by atoms with Crippen LogP contribution in [0.5, 0.6) is 0 Å². The third-order valence-electron chi connectivity index (χ3n) is 2.96. The maximum absolute atomic E-state index is 13.8. The van der Waals surface area contributed by atoms with Gasteiger partial charge in [0.2, 0.25) is 0 Å². The van der Waals surface area contributed by atoms with E-state index < -0.39 is 34.8 Å². The predicted octanol–water partition coefficient (Wildman–Crippen LogP) is 1.54. The second kappa shape index (κ2) is 7.36. The number of esters is 1. The van der Waals surface area contributed by atoms with Crippen LogP contribution in [0.3, 0.4) is 0 Å². The van der Waals surface area contributed by atoms with Crippen molar-refractivity contribution < 1.29 is 28.6 Å². The fourth-order valence-electron chi connectivity index (χ4n) is 1.98. The summed E-state index contributed by atoms with van der Waals surface area (Å²) >= 11 is 0. The van der Waals surface area contributed by atoms with Gasteiger partial charge in [0.1, 0.15) is 12.4 Å². The first-order valence-electron chi connectivity index (χ1n) is 6.93. The Labute approximate surface area is 135 Å². The number of carbonyl (C=O) groups is 3. The molecule has 0 saturated carbocycles. The van der Waals surface area contributed by atoms with Gasteiger partial charge in [0.15, 0.2) is 5.82 Å². The summed E-state index contributed by atoms with van der Waals surface area (Å²) in [6, 6.07) is 3.31. The summed E-state index contributed by atoms with van der Waals surface area (Å²) < 4.78 is 20.0. The Kier molecular flexibility index (Phi) is 5.25. The molecule has 0 fully saturated rings. The van der Waals surface area contributed by atoms with E-state index in [-0.39, 0.29) is 19.0 Å². The van der Waals surface area contributed by atoms with Crippen molar-refractivity contribution in [3.8, 4) is 0 Å². The number of nitrogens with one attached hydrogen (secondary N) is 1. The fourth-order valence-corrected chi connectivity index (χ4v) is 1.98. The smallest absolute Gasteiger partial charge is 0.336 e. The first-order valence-corrected chi connectivity index (χ1v) is 6.93. The number of hydrogen-bond donors (Lipinski definition) is 2. The number of aromatic carboxylic acids is 1. The number of benzene rings is 1. The molecule has 0 unspecified atom stereocenters. The molecule has 1 heterocycles. The van der Waals surface area contributed by atoms with Gasteiger partial charge in [0.05, 0.1) is 24.1 Å². The zero-order valence-corrected chi connectivity index (χ0v) is 12.7. The number of anilines is 1. The van der Waals surface area contributed by atoms with Gasteiger partial charge in [-0.25, -0.2) is 14.2 Å². The zero-order chi connectivity index (χ0) is 17.7. The topological polar surface area (TPSA) is 111 Å². The number of carboxylic acid groups (broad SMARTS) is 1. The van der Waals surface area contributed by atoms with Crippen molar-refractivity contribution in [3.63, 3.8) is 0 Å². The molecule has 9 heteroatoms. The molecular weight excluding hydrogens is 321 g/mol. The van der Waals surface area contributed by atoms with Crippen LogP contribution in [0.1, 0.15) is 27.6 Å². The van der Waals surface area contributed by atoms with E-state index in [4.69, 9.17) is 9.84 Å². The number of ether oxygens (including phenoxy) is 1. The van der Waals surface area contributed by atoms with Crippen LogP contribution in [-0.4, -0.2) is 39.1 Å². The summed E-state index contributed by atoms with van der Waals surface area (Å²) in [5, 5.41) is 11.3. The van der Waals surface area contributed by atoms with Gasteiger partial charge in [-0.1, -0.05) is 6.07 Å². The normalized spacial score (nSPS) is 10.2. The summed E-state index contributed by atoms with van der Waals surface area (Å²) in [4.78, 5) is 38.4. The van der Waals surface area contributed by atoms with E-state index in [2.05, 4.69) is 10.3 Å². The molecule has 0 aliphatic heterocycles. The Morgan fingerprint density at radius 3 is 2.79 bits per heavy atom. The standard InChI is InChI=1S/C15H14FN3O5/c1-2-24-12(20)7-19-6-11(17-8-19)18-14(21)13-9(15(22)23)4-3-5-10(13)16/h3-6,8H,2,7H2,1H3,(H,18,21)(H,22,23). The molecule has 0 aliphatic carbocycles. The first-order chi connectivity index (χ1) is 11.4. The number of nitrogens with zero attached hydrogens (tertiary/aromatic N) is 2. The van der Waals surface area contributed by atoms with Gasteiger partial charge >= 0.3 is 11.9 Å². The van der Waals surface area contributed by atoms with E-state index in [1.165, 1.54) is 23.2 Å². The lowest BCUT2D eigenvalue weighted by Gasteiger charge is -2.07. The summed E-state index contributed by atoms with van der Waals surface area (Å²) in [5.74, 6) is -3.77. The predicted molar refractivity (Wildman–Crippen MR) is 80.2 cm³/mol. The highest BCUT2D eigenvalue weighted by Crippen LogP contribution is 2.16. The van der Waals surface area contributed by atoms with E-state index in [1.54, 1.807) is 6.92 Å². The monoisotopic (exact) mass is 335 g/mol. The van der Waals surface area contributed by atoms with Crippen LogP contribution in [0.25, 0.3) is 0 Å². The number of aromatic nitrogens is 2.